The number of allylic oxidation sites excluding steroid dienone is 5. The zero-order valence-electron chi connectivity index (χ0n) is 16.0. The smallest absolute Gasteiger partial charge is 0.183 e. The highest BCUT2D eigenvalue weighted by molar-refractivity contribution is 8.14. The van der Waals surface area contributed by atoms with Crippen LogP contribution >= 0.6 is 11.8 Å². The SMILES string of the molecule is CC.CC\C=C/C=C(C)\C=C\C(=N)N1N=C(c2ccccc2)CSC1=N. The molecule has 2 N–H and O–H groups in total. The topological polar surface area (TPSA) is 63.3 Å². The van der Waals surface area contributed by atoms with Crippen molar-refractivity contribution in [1.29, 1.82) is 10.8 Å². The summed E-state index contributed by atoms with van der Waals surface area (Å²) in [6, 6.07) is 9.90. The summed E-state index contributed by atoms with van der Waals surface area (Å²) in [5.74, 6) is 0.838. The van der Waals surface area contributed by atoms with Crippen molar-refractivity contribution in [3.63, 3.8) is 0 Å². The molecule has 138 valence electrons. The van der Waals surface area contributed by atoms with Crippen molar-refractivity contribution in [2.75, 3.05) is 5.75 Å². The molecule has 0 spiro atoms. The molecular formula is C21H28N4S. The Bertz CT molecular complexity index is 715. The first-order valence-corrected chi connectivity index (χ1v) is 9.84. The number of hydrazone groups is 1. The standard InChI is InChI=1S/C19H22N4S.C2H6/c1-3-4-6-9-15(2)12-13-18(20)23-19(21)24-14-17(22-23)16-10-7-5-8-11-16;1-2/h4-13,20-21H,3,14H2,1-2H3;1-2H3/b6-4-,13-12+,15-9-,20-18?,21-19?;. The van der Waals surface area contributed by atoms with Crippen LogP contribution in [0.2, 0.25) is 0 Å². The Labute approximate surface area is 161 Å². The van der Waals surface area contributed by atoms with Crippen LogP contribution in [-0.2, 0) is 0 Å². The molecule has 0 bridgehead atoms. The Balaban J connectivity index is 0.00000163. The number of hydrogen-bond acceptors (Lipinski definition) is 4. The quantitative estimate of drug-likeness (QED) is 0.389. The molecule has 0 saturated heterocycles. The van der Waals surface area contributed by atoms with Crippen molar-refractivity contribution in [2.24, 2.45) is 5.10 Å². The predicted octanol–water partition coefficient (Wildman–Crippen LogP) is 5.85. The summed E-state index contributed by atoms with van der Waals surface area (Å²) in [5.41, 5.74) is 2.96. The highest BCUT2D eigenvalue weighted by Crippen LogP contribution is 2.19. The number of benzene rings is 1. The van der Waals surface area contributed by atoms with Crippen LogP contribution in [0.25, 0.3) is 0 Å². The average Bonchev–Trinajstić information content (AvgIpc) is 2.69. The van der Waals surface area contributed by atoms with Gasteiger partial charge >= 0.3 is 0 Å². The van der Waals surface area contributed by atoms with E-state index >= 15 is 0 Å². The van der Waals surface area contributed by atoms with Crippen molar-refractivity contribution >= 4 is 28.5 Å². The third kappa shape index (κ3) is 6.84. The monoisotopic (exact) mass is 368 g/mol. The first-order chi connectivity index (χ1) is 12.6. The fourth-order valence-electron chi connectivity index (χ4n) is 2.02. The van der Waals surface area contributed by atoms with E-state index in [1.165, 1.54) is 16.8 Å². The lowest BCUT2D eigenvalue weighted by molar-refractivity contribution is 0.664. The molecule has 26 heavy (non-hydrogen) atoms. The van der Waals surface area contributed by atoms with Crippen LogP contribution in [0.4, 0.5) is 0 Å². The van der Waals surface area contributed by atoms with Gasteiger partial charge in [0.05, 0.1) is 5.71 Å². The summed E-state index contributed by atoms with van der Waals surface area (Å²) in [7, 11) is 0. The van der Waals surface area contributed by atoms with Gasteiger partial charge in [-0.3, -0.25) is 10.8 Å². The van der Waals surface area contributed by atoms with E-state index in [1.54, 1.807) is 6.08 Å². The molecule has 0 atom stereocenters. The van der Waals surface area contributed by atoms with E-state index in [-0.39, 0.29) is 11.0 Å². The van der Waals surface area contributed by atoms with Crippen LogP contribution in [0.3, 0.4) is 0 Å². The lowest BCUT2D eigenvalue weighted by Crippen LogP contribution is -2.34. The second-order valence-electron chi connectivity index (χ2n) is 5.28. The van der Waals surface area contributed by atoms with Gasteiger partial charge in [0.2, 0.25) is 0 Å². The number of hydrogen-bond donors (Lipinski definition) is 2. The normalized spacial score (nSPS) is 15.1. The zero-order valence-corrected chi connectivity index (χ0v) is 16.8. The highest BCUT2D eigenvalue weighted by Gasteiger charge is 2.21. The number of nitrogens with one attached hydrogen (secondary N) is 2. The van der Waals surface area contributed by atoms with Crippen molar-refractivity contribution in [3.05, 3.63) is 71.8 Å². The molecule has 4 nitrogen and oxygen atoms in total. The molecule has 1 aliphatic heterocycles. The van der Waals surface area contributed by atoms with E-state index < -0.39 is 0 Å². The molecule has 0 aromatic heterocycles. The average molecular weight is 369 g/mol. The molecule has 0 unspecified atom stereocenters. The number of rotatable bonds is 5. The Morgan fingerprint density at radius 1 is 1.23 bits per heavy atom. The summed E-state index contributed by atoms with van der Waals surface area (Å²) in [6.45, 7) is 8.08. The van der Waals surface area contributed by atoms with Gasteiger partial charge in [-0.25, -0.2) is 0 Å². The van der Waals surface area contributed by atoms with E-state index in [4.69, 9.17) is 10.8 Å². The van der Waals surface area contributed by atoms with Crippen molar-refractivity contribution < 1.29 is 0 Å². The summed E-state index contributed by atoms with van der Waals surface area (Å²) >= 11 is 1.39. The minimum absolute atomic E-state index is 0.188. The lowest BCUT2D eigenvalue weighted by atomic mass is 10.1. The molecule has 1 aliphatic rings. The number of amidine groups is 2. The third-order valence-electron chi connectivity index (χ3n) is 3.33. The van der Waals surface area contributed by atoms with Gasteiger partial charge in [-0.1, -0.05) is 92.7 Å². The molecular weight excluding hydrogens is 340 g/mol. The largest absolute Gasteiger partial charge is 0.283 e. The van der Waals surface area contributed by atoms with E-state index in [1.807, 2.05) is 69.3 Å². The van der Waals surface area contributed by atoms with Gasteiger partial charge in [-0.2, -0.15) is 10.1 Å². The second-order valence-corrected chi connectivity index (χ2v) is 6.25. The van der Waals surface area contributed by atoms with Gasteiger partial charge in [0.1, 0.15) is 5.84 Å². The molecule has 0 radical (unpaired) electrons. The van der Waals surface area contributed by atoms with Crippen LogP contribution in [0.5, 0.6) is 0 Å². The van der Waals surface area contributed by atoms with Crippen molar-refractivity contribution in [3.8, 4) is 0 Å². The van der Waals surface area contributed by atoms with Crippen LogP contribution < -0.4 is 0 Å². The first kappa shape index (κ1) is 21.6. The molecule has 0 saturated carbocycles. The van der Waals surface area contributed by atoms with Gasteiger partial charge < -0.3 is 0 Å². The molecule has 5 heteroatoms. The van der Waals surface area contributed by atoms with Crippen LogP contribution in [0.1, 0.15) is 39.7 Å². The van der Waals surface area contributed by atoms with Crippen LogP contribution in [-0.4, -0.2) is 27.5 Å². The predicted molar refractivity (Wildman–Crippen MR) is 116 cm³/mol. The lowest BCUT2D eigenvalue weighted by Gasteiger charge is -2.24. The Morgan fingerprint density at radius 3 is 2.58 bits per heavy atom. The number of nitrogens with zero attached hydrogens (tertiary/aromatic N) is 2. The minimum Gasteiger partial charge on any atom is -0.283 e. The molecule has 0 fully saturated rings. The Morgan fingerprint density at radius 2 is 1.92 bits per heavy atom. The van der Waals surface area contributed by atoms with E-state index in [0.717, 1.165) is 23.3 Å². The maximum atomic E-state index is 8.21. The molecule has 1 aromatic carbocycles. The van der Waals surface area contributed by atoms with E-state index in [2.05, 4.69) is 18.1 Å². The Hall–Kier alpha value is -2.40. The van der Waals surface area contributed by atoms with Gasteiger partial charge in [0.15, 0.2) is 5.17 Å². The fraction of sp³-hybridized carbons (Fsp3) is 0.286. The minimum atomic E-state index is 0.188. The van der Waals surface area contributed by atoms with Gasteiger partial charge in [0.25, 0.3) is 0 Å². The summed E-state index contributed by atoms with van der Waals surface area (Å²) in [6.07, 6.45) is 10.6. The highest BCUT2D eigenvalue weighted by atomic mass is 32.2. The molecule has 1 aromatic rings. The van der Waals surface area contributed by atoms with Crippen LogP contribution in [0, 0.1) is 10.8 Å². The van der Waals surface area contributed by atoms with Crippen molar-refractivity contribution in [2.45, 2.75) is 34.1 Å². The second kappa shape index (κ2) is 12.0. The van der Waals surface area contributed by atoms with Gasteiger partial charge in [0, 0.05) is 5.75 Å². The van der Waals surface area contributed by atoms with E-state index in [9.17, 15) is 0 Å². The van der Waals surface area contributed by atoms with Gasteiger partial charge in [-0.05, 0) is 25.0 Å². The van der Waals surface area contributed by atoms with E-state index in [0.29, 0.717) is 5.75 Å². The maximum absolute atomic E-state index is 8.21. The number of thioether (sulfide) groups is 1. The first-order valence-electron chi connectivity index (χ1n) is 8.86. The molecule has 1 heterocycles. The molecule has 0 aliphatic carbocycles. The van der Waals surface area contributed by atoms with Gasteiger partial charge in [-0.15, -0.1) is 0 Å². The van der Waals surface area contributed by atoms with Crippen molar-refractivity contribution in [1.82, 2.24) is 5.01 Å². The van der Waals surface area contributed by atoms with Crippen LogP contribution in [0.15, 0.2) is 71.4 Å². The Kier molecular flexibility index (Phi) is 10.0. The third-order valence-corrected chi connectivity index (χ3v) is 4.19. The summed E-state index contributed by atoms with van der Waals surface area (Å²) < 4.78 is 0. The zero-order chi connectivity index (χ0) is 19.4. The summed E-state index contributed by atoms with van der Waals surface area (Å²) in [5, 5.41) is 22.4. The molecule has 2 rings (SSSR count). The summed E-state index contributed by atoms with van der Waals surface area (Å²) in [4.78, 5) is 0. The molecule has 0 amide bonds. The fourth-order valence-corrected chi connectivity index (χ4v) is 2.78. The maximum Gasteiger partial charge on any atom is 0.183 e.